The van der Waals surface area contributed by atoms with Gasteiger partial charge in [0.05, 0.1) is 0 Å². The van der Waals surface area contributed by atoms with Crippen molar-refractivity contribution in [1.29, 1.82) is 0 Å². The molecule has 0 atom stereocenters. The van der Waals surface area contributed by atoms with Gasteiger partial charge in [-0.1, -0.05) is 116 Å². The second kappa shape index (κ2) is 28.0. The summed E-state index contributed by atoms with van der Waals surface area (Å²) in [5, 5.41) is 6.26. The van der Waals surface area contributed by atoms with Crippen molar-refractivity contribution in [2.24, 2.45) is 0 Å². The van der Waals surface area contributed by atoms with Gasteiger partial charge in [-0.2, -0.15) is 0 Å². The van der Waals surface area contributed by atoms with Crippen molar-refractivity contribution in [3.05, 3.63) is 59.7 Å². The van der Waals surface area contributed by atoms with Gasteiger partial charge in [0.2, 0.25) is 11.8 Å². The van der Waals surface area contributed by atoms with Crippen molar-refractivity contribution in [2.45, 2.75) is 150 Å². The minimum Gasteiger partial charge on any atom is -0.326 e. The number of amides is 2. The quantitative estimate of drug-likeness (QED) is 0.0808. The molecule has 2 N–H and O–H groups in total. The fourth-order valence-electron chi connectivity index (χ4n) is 6.49. The first kappa shape index (κ1) is 42.5. The molecule has 0 heterocycles. The Kier molecular flexibility index (Phi) is 24.3. The summed E-state index contributed by atoms with van der Waals surface area (Å²) < 4.78 is 0. The Morgan fingerprint density at radius 1 is 0.469 bits per heavy atom. The van der Waals surface area contributed by atoms with Crippen molar-refractivity contribution in [3.63, 3.8) is 0 Å². The van der Waals surface area contributed by atoms with Gasteiger partial charge in [0, 0.05) is 24.2 Å². The molecule has 6 nitrogen and oxygen atoms in total. The van der Waals surface area contributed by atoms with Crippen LogP contribution < -0.4 is 10.6 Å². The zero-order valence-corrected chi connectivity index (χ0v) is 32.0. The average molecular weight is 677 g/mol. The zero-order valence-electron chi connectivity index (χ0n) is 32.0. The maximum Gasteiger partial charge on any atom is 0.224 e. The number of nitrogens with one attached hydrogen (secondary N) is 2. The highest BCUT2D eigenvalue weighted by molar-refractivity contribution is 5.91. The Morgan fingerprint density at radius 3 is 1.20 bits per heavy atom. The minimum atomic E-state index is 0.0851. The molecule has 6 heteroatoms. The summed E-state index contributed by atoms with van der Waals surface area (Å²) in [6.45, 7) is 15.6. The van der Waals surface area contributed by atoms with Crippen LogP contribution in [0.15, 0.2) is 48.5 Å². The number of benzene rings is 2. The van der Waals surface area contributed by atoms with Gasteiger partial charge in [-0.05, 0) is 120 Å². The molecule has 2 aromatic carbocycles. The Hall–Kier alpha value is -2.70. The monoisotopic (exact) mass is 677 g/mol. The number of nitrogens with zero attached hydrogens (tertiary/aromatic N) is 2. The Bertz CT molecular complexity index is 1050. The Balaban J connectivity index is 1.80. The van der Waals surface area contributed by atoms with Gasteiger partial charge in [0.1, 0.15) is 0 Å². The van der Waals surface area contributed by atoms with Gasteiger partial charge >= 0.3 is 0 Å². The summed E-state index contributed by atoms with van der Waals surface area (Å²) in [6.07, 6.45) is 21.4. The molecule has 0 fully saturated rings. The van der Waals surface area contributed by atoms with Crippen LogP contribution >= 0.6 is 0 Å². The predicted octanol–water partition coefficient (Wildman–Crippen LogP) is 10.9. The summed E-state index contributed by atoms with van der Waals surface area (Å²) in [5.74, 6) is 0.170. The fourth-order valence-corrected chi connectivity index (χ4v) is 6.49. The maximum absolute atomic E-state index is 12.8. The number of hydrogen-bond acceptors (Lipinski definition) is 4. The van der Waals surface area contributed by atoms with Crippen LogP contribution in [0.1, 0.15) is 154 Å². The zero-order chi connectivity index (χ0) is 35.4. The van der Waals surface area contributed by atoms with E-state index in [-0.39, 0.29) is 11.8 Å². The van der Waals surface area contributed by atoms with Gasteiger partial charge in [0.15, 0.2) is 0 Å². The van der Waals surface area contributed by atoms with Gasteiger partial charge in [-0.3, -0.25) is 9.59 Å². The van der Waals surface area contributed by atoms with E-state index < -0.39 is 0 Å². The van der Waals surface area contributed by atoms with Crippen molar-refractivity contribution in [3.8, 4) is 0 Å². The summed E-state index contributed by atoms with van der Waals surface area (Å²) in [6, 6.07) is 16.3. The largest absolute Gasteiger partial charge is 0.326 e. The molecule has 0 aliphatic heterocycles. The Morgan fingerprint density at radius 2 is 0.816 bits per heavy atom. The molecule has 0 bridgehead atoms. The van der Waals surface area contributed by atoms with Crippen molar-refractivity contribution >= 4 is 23.2 Å². The first-order chi connectivity index (χ1) is 24.0. The van der Waals surface area contributed by atoms with E-state index >= 15 is 0 Å². The molecule has 0 aromatic heterocycles. The SMILES string of the molecule is CCCCCCN(CCCCC)CCCC(=O)Nc1cccc(Cc2cccc(NC(=O)CCCN(CCCCC)CCCCCC)c2)c1. The highest BCUT2D eigenvalue weighted by Gasteiger charge is 2.10. The smallest absolute Gasteiger partial charge is 0.224 e. The fraction of sp³-hybridized carbons (Fsp3) is 0.674. The number of carbonyl (C=O) groups is 2. The van der Waals surface area contributed by atoms with Crippen molar-refractivity contribution < 1.29 is 9.59 Å². The second-order valence-electron chi connectivity index (χ2n) is 14.1. The molecule has 0 aliphatic rings. The first-order valence-electron chi connectivity index (χ1n) is 20.2. The van der Waals surface area contributed by atoms with Crippen LogP contribution in [0.5, 0.6) is 0 Å². The third-order valence-electron chi connectivity index (χ3n) is 9.40. The van der Waals surface area contributed by atoms with E-state index in [0.717, 1.165) is 81.0 Å². The number of anilines is 2. The molecular formula is C43H72N4O2. The predicted molar refractivity (Wildman–Crippen MR) is 212 cm³/mol. The van der Waals surface area contributed by atoms with Crippen LogP contribution in [0.25, 0.3) is 0 Å². The molecular weight excluding hydrogens is 604 g/mol. The van der Waals surface area contributed by atoms with Crippen LogP contribution in [-0.4, -0.2) is 60.9 Å². The van der Waals surface area contributed by atoms with E-state index in [2.05, 4.69) is 72.4 Å². The standard InChI is InChI=1S/C43H72N4O2/c1-5-9-13-17-31-46(29-15-11-7-3)33-21-27-42(48)44-40-25-19-23-38(36-40)35-39-24-20-26-41(37-39)45-43(49)28-22-34-47(30-16-12-8-4)32-18-14-10-6-2/h19-20,23-26,36-37H,5-18,21-22,27-35H2,1-4H3,(H,44,48)(H,45,49). The number of hydrogen-bond donors (Lipinski definition) is 2. The molecule has 0 saturated heterocycles. The van der Waals surface area contributed by atoms with Gasteiger partial charge in [-0.25, -0.2) is 0 Å². The first-order valence-corrected chi connectivity index (χ1v) is 20.2. The molecule has 0 aliphatic carbocycles. The van der Waals surface area contributed by atoms with Crippen LogP contribution in [0, 0.1) is 0 Å². The van der Waals surface area contributed by atoms with Crippen molar-refractivity contribution in [1.82, 2.24) is 9.80 Å². The number of unbranched alkanes of at least 4 members (excludes halogenated alkanes) is 10. The maximum atomic E-state index is 12.8. The lowest BCUT2D eigenvalue weighted by Crippen LogP contribution is -2.28. The van der Waals surface area contributed by atoms with E-state index in [1.165, 1.54) is 89.9 Å². The van der Waals surface area contributed by atoms with E-state index in [9.17, 15) is 9.59 Å². The van der Waals surface area contributed by atoms with Crippen molar-refractivity contribution in [2.75, 3.05) is 49.9 Å². The topological polar surface area (TPSA) is 64.7 Å². The molecule has 2 aromatic rings. The highest BCUT2D eigenvalue weighted by atomic mass is 16.2. The summed E-state index contributed by atoms with van der Waals surface area (Å²) >= 11 is 0. The molecule has 49 heavy (non-hydrogen) atoms. The highest BCUT2D eigenvalue weighted by Crippen LogP contribution is 2.19. The van der Waals surface area contributed by atoms with E-state index in [0.29, 0.717) is 12.8 Å². The summed E-state index contributed by atoms with van der Waals surface area (Å²) in [7, 11) is 0. The lowest BCUT2D eigenvalue weighted by atomic mass is 10.0. The Labute approximate surface area is 301 Å². The van der Waals surface area contributed by atoms with E-state index in [1.807, 2.05) is 24.3 Å². The number of carbonyl (C=O) groups excluding carboxylic acids is 2. The minimum absolute atomic E-state index is 0.0851. The van der Waals surface area contributed by atoms with Crippen LogP contribution in [-0.2, 0) is 16.0 Å². The normalized spacial score (nSPS) is 11.4. The molecule has 0 saturated carbocycles. The molecule has 2 rings (SSSR count). The molecule has 0 unspecified atom stereocenters. The van der Waals surface area contributed by atoms with Gasteiger partial charge in [0.25, 0.3) is 0 Å². The van der Waals surface area contributed by atoms with E-state index in [4.69, 9.17) is 0 Å². The third-order valence-corrected chi connectivity index (χ3v) is 9.40. The number of rotatable bonds is 30. The summed E-state index contributed by atoms with van der Waals surface area (Å²) in [5.41, 5.74) is 3.97. The van der Waals surface area contributed by atoms with Crippen LogP contribution in [0.3, 0.4) is 0 Å². The lowest BCUT2D eigenvalue weighted by molar-refractivity contribution is -0.117. The average Bonchev–Trinajstić information content (AvgIpc) is 3.08. The summed E-state index contributed by atoms with van der Waals surface area (Å²) in [4.78, 5) is 30.8. The van der Waals surface area contributed by atoms with E-state index in [1.54, 1.807) is 0 Å². The molecule has 0 radical (unpaired) electrons. The molecule has 0 spiro atoms. The van der Waals surface area contributed by atoms with Gasteiger partial charge < -0.3 is 20.4 Å². The molecule has 276 valence electrons. The molecule has 2 amide bonds. The van der Waals surface area contributed by atoms with Crippen LogP contribution in [0.4, 0.5) is 11.4 Å². The second-order valence-corrected chi connectivity index (χ2v) is 14.1. The van der Waals surface area contributed by atoms with Crippen LogP contribution in [0.2, 0.25) is 0 Å². The third kappa shape index (κ3) is 21.2. The van der Waals surface area contributed by atoms with Gasteiger partial charge in [-0.15, -0.1) is 0 Å². The lowest BCUT2D eigenvalue weighted by Gasteiger charge is -2.22.